The fraction of sp³-hybridized carbons (Fsp3) is 0.431. The summed E-state index contributed by atoms with van der Waals surface area (Å²) in [5.41, 5.74) is 12.0. The fourth-order valence-electron chi connectivity index (χ4n) is 18.4. The third-order valence-corrected chi connectivity index (χ3v) is 27.0. The Morgan fingerprint density at radius 3 is 1.00 bits per heavy atom. The van der Waals surface area contributed by atoms with Gasteiger partial charge in [-0.2, -0.15) is 20.4 Å². The molecule has 0 spiro atoms. The maximum Gasteiger partial charge on any atom is 0.308 e. The molecule has 2 saturated carbocycles. The highest BCUT2D eigenvalue weighted by Gasteiger charge is 2.48. The van der Waals surface area contributed by atoms with E-state index in [2.05, 4.69) is 100 Å². The zero-order valence-corrected chi connectivity index (χ0v) is 82.3. The van der Waals surface area contributed by atoms with Crippen LogP contribution in [0.15, 0.2) is 146 Å². The number of nitrogens with one attached hydrogen (secondary N) is 2. The Labute approximate surface area is 808 Å². The van der Waals surface area contributed by atoms with Crippen molar-refractivity contribution in [1.29, 1.82) is 0 Å². The van der Waals surface area contributed by atoms with E-state index in [4.69, 9.17) is 52.8 Å². The van der Waals surface area contributed by atoms with Gasteiger partial charge in [0.2, 0.25) is 23.6 Å². The summed E-state index contributed by atoms with van der Waals surface area (Å²) < 4.78 is 42.9. The molecule has 4 saturated heterocycles. The van der Waals surface area contributed by atoms with E-state index in [9.17, 15) is 56.7 Å². The summed E-state index contributed by atoms with van der Waals surface area (Å²) >= 11 is 12.1. The molecule has 8 aromatic heterocycles. The van der Waals surface area contributed by atoms with Crippen LogP contribution in [0.4, 0.5) is 8.78 Å². The molecule has 4 aliphatic heterocycles. The first-order valence-electron chi connectivity index (χ1n) is 46.5. The first-order chi connectivity index (χ1) is 65.3. The second-order valence-electron chi connectivity index (χ2n) is 40.0. The van der Waals surface area contributed by atoms with Crippen LogP contribution in [0.3, 0.4) is 0 Å². The van der Waals surface area contributed by atoms with Gasteiger partial charge in [0.05, 0.1) is 84.7 Å². The molecular formula is C102H116Cl2F2N20O12. The van der Waals surface area contributed by atoms with Crippen molar-refractivity contribution < 1.29 is 66.2 Å². The van der Waals surface area contributed by atoms with Gasteiger partial charge in [-0.05, 0) is 187 Å². The van der Waals surface area contributed by atoms with Gasteiger partial charge in [-0.15, -0.1) is 0 Å². The Morgan fingerprint density at radius 2 is 0.703 bits per heavy atom. The van der Waals surface area contributed by atoms with E-state index in [1.807, 2.05) is 110 Å². The molecule has 8 amide bonds. The van der Waals surface area contributed by atoms with Gasteiger partial charge in [0, 0.05) is 132 Å². The molecule has 12 aromatic rings. The monoisotopic (exact) mass is 1920 g/mol. The van der Waals surface area contributed by atoms with Crippen molar-refractivity contribution in [3.63, 3.8) is 0 Å². The minimum Gasteiger partial charge on any atom is -0.469 e. The largest absolute Gasteiger partial charge is 0.469 e. The van der Waals surface area contributed by atoms with Crippen molar-refractivity contribution in [3.05, 3.63) is 213 Å². The van der Waals surface area contributed by atoms with E-state index in [0.29, 0.717) is 147 Å². The smallest absolute Gasteiger partial charge is 0.308 e. The van der Waals surface area contributed by atoms with Crippen molar-refractivity contribution in [1.82, 2.24) is 98.4 Å². The van der Waals surface area contributed by atoms with Crippen LogP contribution < -0.4 is 10.6 Å². The fourth-order valence-corrected chi connectivity index (χ4v) is 18.6. The number of imidazole rings is 4. The van der Waals surface area contributed by atoms with Crippen LogP contribution in [-0.4, -0.2) is 250 Å². The minimum absolute atomic E-state index is 0.0450. The van der Waals surface area contributed by atoms with Crippen LogP contribution in [0.2, 0.25) is 10.0 Å². The molecule has 6 aliphatic rings. The number of carbonyl (C=O) groups excluding carboxylic acids is 10. The van der Waals surface area contributed by atoms with E-state index in [0.717, 1.165) is 55.9 Å². The van der Waals surface area contributed by atoms with Gasteiger partial charge in [-0.3, -0.25) is 47.9 Å². The van der Waals surface area contributed by atoms with Crippen molar-refractivity contribution >= 4 is 105 Å². The molecule has 724 valence electrons. The molecule has 0 unspecified atom stereocenters. The highest BCUT2D eigenvalue weighted by molar-refractivity contribution is 6.31. The first-order valence-corrected chi connectivity index (χ1v) is 47.2. The Kier molecular flexibility index (Phi) is 28.4. The van der Waals surface area contributed by atoms with E-state index < -0.39 is 23.2 Å². The molecule has 2 atom stereocenters. The molecule has 0 radical (unpaired) electrons. The minimum atomic E-state index is -0.588. The lowest BCUT2D eigenvalue weighted by Gasteiger charge is -2.48. The van der Waals surface area contributed by atoms with Crippen LogP contribution >= 0.6 is 23.2 Å². The van der Waals surface area contributed by atoms with Crippen molar-refractivity contribution in [2.75, 3.05) is 79.7 Å². The van der Waals surface area contributed by atoms with Crippen molar-refractivity contribution in [3.8, 4) is 45.0 Å². The third-order valence-electron chi connectivity index (χ3n) is 26.5. The molecule has 32 nitrogen and oxygen atoms in total. The lowest BCUT2D eigenvalue weighted by molar-refractivity contribution is -0.157. The predicted molar refractivity (Wildman–Crippen MR) is 516 cm³/mol. The molecule has 18 rings (SSSR count). The number of methoxy groups -OCH3 is 2. The number of ether oxygens (including phenoxy) is 2. The summed E-state index contributed by atoms with van der Waals surface area (Å²) in [4.78, 5) is 156. The molecule has 0 bridgehead atoms. The molecule has 2 N–H and O–H groups in total. The number of fused-ring (bicyclic) bond motifs is 4. The summed E-state index contributed by atoms with van der Waals surface area (Å²) in [6.45, 7) is 36.2. The number of esters is 2. The average Bonchev–Trinajstić information content (AvgIpc) is 1.73. The van der Waals surface area contributed by atoms with Crippen LogP contribution in [0.25, 0.3) is 67.6 Å². The summed E-state index contributed by atoms with van der Waals surface area (Å²) in [6, 6.07) is 34.1. The Hall–Kier alpha value is -13.5. The van der Waals surface area contributed by atoms with Crippen molar-refractivity contribution in [2.24, 2.45) is 23.7 Å². The van der Waals surface area contributed by atoms with Gasteiger partial charge in [0.1, 0.15) is 46.5 Å². The van der Waals surface area contributed by atoms with E-state index in [-0.39, 0.29) is 129 Å². The van der Waals surface area contributed by atoms with Gasteiger partial charge >= 0.3 is 11.9 Å². The number of hydrogen-bond donors (Lipinski definition) is 2. The normalized spacial score (nSPS) is 19.2. The molecule has 138 heavy (non-hydrogen) atoms. The second-order valence-corrected chi connectivity index (χ2v) is 40.9. The maximum absolute atomic E-state index is 13.7. The summed E-state index contributed by atoms with van der Waals surface area (Å²) in [5, 5.41) is 25.6. The van der Waals surface area contributed by atoms with Gasteiger partial charge in [0.15, 0.2) is 22.6 Å². The van der Waals surface area contributed by atoms with E-state index in [1.54, 1.807) is 90.8 Å². The highest BCUT2D eigenvalue weighted by Crippen LogP contribution is 2.41. The van der Waals surface area contributed by atoms with Crippen LogP contribution in [0, 0.1) is 35.3 Å². The van der Waals surface area contributed by atoms with E-state index >= 15 is 0 Å². The molecule has 12 heterocycles. The Bertz CT molecular complexity index is 6310. The van der Waals surface area contributed by atoms with Gasteiger partial charge in [-0.1, -0.05) is 117 Å². The Balaban J connectivity index is 0.000000141. The molecule has 36 heteroatoms. The number of amides is 8. The second kappa shape index (κ2) is 39.5. The average molecular weight is 1920 g/mol. The number of benzene rings is 4. The number of piperazine rings is 4. The zero-order valence-electron chi connectivity index (χ0n) is 80.8. The van der Waals surface area contributed by atoms with Gasteiger partial charge in [-0.25, -0.2) is 46.8 Å². The van der Waals surface area contributed by atoms with Crippen LogP contribution in [-0.2, 0) is 49.1 Å². The summed E-state index contributed by atoms with van der Waals surface area (Å²) in [5.74, 6) is -2.75. The number of rotatable bonds is 14. The standard InChI is InChI=1S/2C29H34ClN5O4.2C22H24FN5O2/c2*1-17(2)22-14-23(18-6-8-21(30)9-7-18)32-35-15-24(31-25(22)35)27(37)34-11-10-33(16-29(34,3)4)26(36)19-12-20(13-19)28(38)39-5;2*1-13-20(29)24-9-10-27(13)21(30)18-12-28-19(25-18)16(22(2,3)4)11-17(26-28)14-5-7-15(23)8-6-14/h2*6-9,14-15,17,19-20H,10-13,16H2,1-5H3;2*5-8,11-13H,9-10H2,1-4H3,(H,24,29)/t;;2*13-/m..10/s1. The zero-order chi connectivity index (χ0) is 99.4. The molecule has 2 aliphatic carbocycles. The number of nitrogens with zero attached hydrogens (tertiary/aromatic N) is 18. The Morgan fingerprint density at radius 1 is 0.413 bits per heavy atom. The summed E-state index contributed by atoms with van der Waals surface area (Å²) in [7, 11) is 2.75. The topological polar surface area (TPSA) is 353 Å². The molecule has 6 fully saturated rings. The number of carbonyl (C=O) groups is 10. The predicted octanol–water partition coefficient (Wildman–Crippen LogP) is 14.5. The number of aromatic nitrogens is 12. The quantitative estimate of drug-likeness (QED) is 0.0955. The van der Waals surface area contributed by atoms with Crippen molar-refractivity contribution in [2.45, 2.75) is 182 Å². The maximum atomic E-state index is 13.7. The summed E-state index contributed by atoms with van der Waals surface area (Å²) in [6.07, 6.45) is 8.67. The molecule has 4 aromatic carbocycles. The van der Waals surface area contributed by atoms with Crippen LogP contribution in [0.5, 0.6) is 0 Å². The first kappa shape index (κ1) is 99.0. The van der Waals surface area contributed by atoms with Crippen LogP contribution in [0.1, 0.15) is 213 Å². The lowest BCUT2D eigenvalue weighted by atomic mass is 9.74. The SMILES string of the molecule is COC(=O)C1CC(C(=O)N2CCN(C(=O)c3cn4nc(-c5ccc(Cl)cc5)cc(C(C)C)c4n3)C(C)(C)C2)C1.COC(=O)C1CC(C(=O)N2CCN(C(=O)c3cn4nc(-c5ccc(Cl)cc5)cc(C(C)C)c4n3)C(C)(C)C2)C1.C[C@@H]1C(=O)NCCN1C(=O)c1cn2nc(-c3ccc(F)cc3)cc(C(C)(C)C)c2n1.C[C@H]1C(=O)NCCN1C(=O)c1cn2nc(-c3ccc(F)cc3)cc(C(C)(C)C)c2n1. The van der Waals surface area contributed by atoms with Gasteiger partial charge < -0.3 is 49.5 Å². The number of halogens is 4. The van der Waals surface area contributed by atoms with Gasteiger partial charge in [0.25, 0.3) is 23.6 Å². The number of hydrogen-bond acceptors (Lipinski definition) is 20. The lowest BCUT2D eigenvalue weighted by Crippen LogP contribution is -2.63. The third kappa shape index (κ3) is 20.9. The van der Waals surface area contributed by atoms with E-state index in [1.165, 1.54) is 48.3 Å². The highest BCUT2D eigenvalue weighted by atomic mass is 35.5. The molecular weight excluding hydrogens is 1810 g/mol.